The van der Waals surface area contributed by atoms with E-state index in [1.165, 1.54) is 0 Å². The topological polar surface area (TPSA) is 119 Å². The van der Waals surface area contributed by atoms with Crippen LogP contribution in [-0.2, 0) is 9.63 Å². The highest BCUT2D eigenvalue weighted by atomic mass is 16.7. The van der Waals surface area contributed by atoms with Gasteiger partial charge in [0, 0.05) is 5.56 Å². The highest BCUT2D eigenvalue weighted by molar-refractivity contribution is 5.72. The number of benzene rings is 1. The van der Waals surface area contributed by atoms with E-state index in [0.717, 1.165) is 24.0 Å². The number of hydrogen-bond acceptors (Lipinski definition) is 6. The van der Waals surface area contributed by atoms with Crippen molar-refractivity contribution in [2.24, 2.45) is 17.3 Å². The number of carbonyl (C=O) groups is 1. The molecule has 4 rings (SSSR count). The molecule has 1 aromatic carbocycles. The van der Waals surface area contributed by atoms with Crippen molar-refractivity contribution in [1.29, 1.82) is 0 Å². The number of phenols is 1. The molecule has 1 aromatic rings. The van der Waals surface area contributed by atoms with Gasteiger partial charge in [0.2, 0.25) is 0 Å². The zero-order chi connectivity index (χ0) is 19.3. The summed E-state index contributed by atoms with van der Waals surface area (Å²) in [6, 6.07) is 5.21. The maximum absolute atomic E-state index is 10.8. The van der Waals surface area contributed by atoms with Gasteiger partial charge in [-0.3, -0.25) is 10.3 Å². The summed E-state index contributed by atoms with van der Waals surface area (Å²) in [6.45, 7) is 1.56. The number of carboxylic acid groups (broad SMARTS) is 1. The maximum Gasteiger partial charge on any atom is 0.332 e. The lowest BCUT2D eigenvalue weighted by atomic mass is 9.56. The average molecular weight is 375 g/mol. The largest absolute Gasteiger partial charge is 0.508 e. The summed E-state index contributed by atoms with van der Waals surface area (Å²) in [4.78, 5) is 15.8. The van der Waals surface area contributed by atoms with E-state index in [-0.39, 0.29) is 28.9 Å². The Morgan fingerprint density at radius 1 is 1.37 bits per heavy atom. The summed E-state index contributed by atoms with van der Waals surface area (Å²) >= 11 is 0. The molecule has 27 heavy (non-hydrogen) atoms. The third-order valence-electron chi connectivity index (χ3n) is 6.77. The summed E-state index contributed by atoms with van der Waals surface area (Å²) in [6.07, 6.45) is 2.78. The summed E-state index contributed by atoms with van der Waals surface area (Å²) in [5.41, 5.74) is 4.86. The lowest BCUT2D eigenvalue weighted by Gasteiger charge is -2.48. The van der Waals surface area contributed by atoms with Crippen LogP contribution in [0, 0.1) is 17.3 Å². The van der Waals surface area contributed by atoms with Gasteiger partial charge in [-0.1, -0.05) is 19.1 Å². The fourth-order valence-corrected chi connectivity index (χ4v) is 5.43. The number of carboxylic acids is 1. The molecule has 0 heterocycles. The molecule has 2 saturated carbocycles. The molecular weight excluding hydrogens is 350 g/mol. The van der Waals surface area contributed by atoms with Gasteiger partial charge in [0.15, 0.2) is 6.61 Å². The third kappa shape index (κ3) is 2.90. The fourth-order valence-electron chi connectivity index (χ4n) is 5.43. The molecule has 146 valence electrons. The summed E-state index contributed by atoms with van der Waals surface area (Å²) < 4.78 is 0. The number of nitrogens with one attached hydrogen (secondary N) is 1. The van der Waals surface area contributed by atoms with Crippen molar-refractivity contribution in [3.63, 3.8) is 0 Å². The number of phenolic OH excluding ortho intramolecular Hbond substituents is 1. The molecule has 3 aliphatic rings. The van der Waals surface area contributed by atoms with E-state index in [1.807, 2.05) is 19.1 Å². The first-order chi connectivity index (χ1) is 12.8. The first kappa shape index (κ1) is 18.3. The molecule has 7 nitrogen and oxygen atoms in total. The van der Waals surface area contributed by atoms with Crippen LogP contribution in [0.15, 0.2) is 24.3 Å². The zero-order valence-electron chi connectivity index (χ0n) is 15.1. The van der Waals surface area contributed by atoms with Crippen LogP contribution in [0.4, 0.5) is 0 Å². The molecule has 5 N–H and O–H groups in total. The quantitative estimate of drug-likeness (QED) is 0.507. The molecule has 0 spiro atoms. The molecule has 0 aromatic heterocycles. The Labute approximate surface area is 157 Å². The molecule has 0 amide bonds. The number of hydroxylamine groups is 1. The smallest absolute Gasteiger partial charge is 0.332 e. The molecule has 6 atom stereocenters. The van der Waals surface area contributed by atoms with Gasteiger partial charge in [-0.25, -0.2) is 4.79 Å². The van der Waals surface area contributed by atoms with E-state index in [0.29, 0.717) is 12.1 Å². The molecule has 3 aliphatic carbocycles. The van der Waals surface area contributed by atoms with Crippen LogP contribution in [0.1, 0.15) is 43.2 Å². The molecule has 0 aliphatic heterocycles. The van der Waals surface area contributed by atoms with Crippen molar-refractivity contribution < 1.29 is 30.1 Å². The molecule has 0 bridgehead atoms. The SMILES string of the molecule is C[C@@]12CC[C@@H]3c4ccc(O)cc4C(NOCC(=O)O)=C[C@@H]3[C@@H]1C[C@@H](O)[C@@H]2O. The molecule has 0 radical (unpaired) electrons. The number of aliphatic hydroxyl groups is 2. The molecular formula is C20H25NO6. The number of fused-ring (bicyclic) bond motifs is 5. The van der Waals surface area contributed by atoms with E-state index >= 15 is 0 Å². The van der Waals surface area contributed by atoms with Gasteiger partial charge in [0.05, 0.1) is 17.9 Å². The lowest BCUT2D eigenvalue weighted by molar-refractivity contribution is -0.143. The van der Waals surface area contributed by atoms with Gasteiger partial charge >= 0.3 is 5.97 Å². The van der Waals surface area contributed by atoms with Crippen molar-refractivity contribution >= 4 is 11.7 Å². The van der Waals surface area contributed by atoms with Crippen LogP contribution >= 0.6 is 0 Å². The first-order valence-electron chi connectivity index (χ1n) is 9.32. The second kappa shape index (κ2) is 6.51. The number of aliphatic carboxylic acids is 1. The molecule has 0 unspecified atom stereocenters. The molecule has 0 saturated heterocycles. The van der Waals surface area contributed by atoms with Crippen molar-refractivity contribution in [2.45, 2.75) is 44.3 Å². The Balaban J connectivity index is 1.72. The van der Waals surface area contributed by atoms with E-state index in [2.05, 4.69) is 5.48 Å². The van der Waals surface area contributed by atoms with Gasteiger partial charge in [0.25, 0.3) is 0 Å². The van der Waals surface area contributed by atoms with Crippen molar-refractivity contribution in [1.82, 2.24) is 5.48 Å². The van der Waals surface area contributed by atoms with Gasteiger partial charge in [-0.05, 0) is 60.1 Å². The second-order valence-corrected chi connectivity index (χ2v) is 8.22. The first-order valence-corrected chi connectivity index (χ1v) is 9.32. The average Bonchev–Trinajstić information content (AvgIpc) is 2.85. The molecule has 7 heteroatoms. The second-order valence-electron chi connectivity index (χ2n) is 8.22. The van der Waals surface area contributed by atoms with Crippen LogP contribution in [0.25, 0.3) is 5.70 Å². The number of rotatable bonds is 4. The summed E-state index contributed by atoms with van der Waals surface area (Å²) in [7, 11) is 0. The van der Waals surface area contributed by atoms with Crippen molar-refractivity contribution in [2.75, 3.05) is 6.61 Å². The van der Waals surface area contributed by atoms with Crippen LogP contribution in [0.3, 0.4) is 0 Å². The predicted octanol–water partition coefficient (Wildman–Crippen LogP) is 1.59. The van der Waals surface area contributed by atoms with E-state index in [9.17, 15) is 20.1 Å². The highest BCUT2D eigenvalue weighted by Gasteiger charge is 2.57. The Hall–Kier alpha value is -2.09. The van der Waals surface area contributed by atoms with Gasteiger partial charge in [-0.15, -0.1) is 0 Å². The Morgan fingerprint density at radius 3 is 2.89 bits per heavy atom. The minimum absolute atomic E-state index is 0.0866. The lowest BCUT2D eigenvalue weighted by Crippen LogP contribution is -2.44. The Morgan fingerprint density at radius 2 is 2.15 bits per heavy atom. The fraction of sp³-hybridized carbons (Fsp3) is 0.550. The number of aliphatic hydroxyl groups excluding tert-OH is 2. The molecule has 2 fully saturated rings. The van der Waals surface area contributed by atoms with Crippen LogP contribution in [0.5, 0.6) is 5.75 Å². The van der Waals surface area contributed by atoms with Crippen LogP contribution in [-0.4, -0.2) is 45.2 Å². The number of aromatic hydroxyl groups is 1. The van der Waals surface area contributed by atoms with E-state index in [4.69, 9.17) is 9.94 Å². The maximum atomic E-state index is 10.8. The van der Waals surface area contributed by atoms with Crippen LogP contribution < -0.4 is 5.48 Å². The highest BCUT2D eigenvalue weighted by Crippen LogP contribution is 2.60. The normalized spacial score (nSPS) is 37.0. The van der Waals surface area contributed by atoms with Gasteiger partial charge in [-0.2, -0.15) is 0 Å². The van der Waals surface area contributed by atoms with Gasteiger partial charge < -0.3 is 20.4 Å². The van der Waals surface area contributed by atoms with E-state index < -0.39 is 24.8 Å². The monoisotopic (exact) mass is 375 g/mol. The summed E-state index contributed by atoms with van der Waals surface area (Å²) in [5.74, 6) is -0.533. The number of hydrogen-bond donors (Lipinski definition) is 5. The standard InChI is InChI=1S/C20H25NO6/c1-20-5-4-12-11-3-2-10(22)6-14(11)16(21-27-9-18(24)25)7-13(12)15(20)8-17(23)19(20)26/h2-3,6-7,12-13,15,17,19,21-23,26H,4-5,8-9H2,1H3,(H,24,25)/t12-,13+,15+,17-,19+,20-/m1/s1. The van der Waals surface area contributed by atoms with E-state index in [1.54, 1.807) is 12.1 Å². The van der Waals surface area contributed by atoms with Crippen molar-refractivity contribution in [3.05, 3.63) is 35.4 Å². The van der Waals surface area contributed by atoms with Gasteiger partial charge in [0.1, 0.15) is 5.75 Å². The van der Waals surface area contributed by atoms with Crippen molar-refractivity contribution in [3.8, 4) is 5.75 Å². The van der Waals surface area contributed by atoms with Crippen LogP contribution in [0.2, 0.25) is 0 Å². The Kier molecular flexibility index (Phi) is 4.41. The number of allylic oxidation sites excluding steroid dienone is 1. The Bertz CT molecular complexity index is 793. The minimum Gasteiger partial charge on any atom is -0.508 e. The zero-order valence-corrected chi connectivity index (χ0v) is 15.1. The minimum atomic E-state index is -1.08. The summed E-state index contributed by atoms with van der Waals surface area (Å²) in [5, 5.41) is 39.5. The third-order valence-corrected chi connectivity index (χ3v) is 6.77. The predicted molar refractivity (Wildman–Crippen MR) is 96.5 cm³/mol.